The van der Waals surface area contributed by atoms with E-state index in [1.54, 1.807) is 13.0 Å². The minimum absolute atomic E-state index is 0. The first-order valence-corrected chi connectivity index (χ1v) is 3.10. The van der Waals surface area contributed by atoms with Crippen molar-refractivity contribution in [1.29, 1.82) is 0 Å². The number of rotatable bonds is 0. The molecule has 0 N–H and O–H groups in total. The summed E-state index contributed by atoms with van der Waals surface area (Å²) >= 11 is 5.51. The number of hydrogen-bond acceptors (Lipinski definition) is 0. The summed E-state index contributed by atoms with van der Waals surface area (Å²) in [7, 11) is 0. The van der Waals surface area contributed by atoms with E-state index >= 15 is 0 Å². The summed E-state index contributed by atoms with van der Waals surface area (Å²) in [5, 5.41) is 0.738. The molecular formula is C8H10BrClMg. The Morgan fingerprint density at radius 1 is 1.45 bits per heavy atom. The summed E-state index contributed by atoms with van der Waals surface area (Å²) in [6.07, 6.45) is 0. The van der Waals surface area contributed by atoms with Crippen LogP contribution in [0, 0.1) is 13.0 Å². The van der Waals surface area contributed by atoms with Crippen LogP contribution in [0.3, 0.4) is 0 Å². The molecule has 0 amide bonds. The average Bonchev–Trinajstić information content (AvgIpc) is 1.94. The Bertz CT molecular complexity index is 144. The van der Waals surface area contributed by atoms with Crippen LogP contribution in [0.15, 0.2) is 24.3 Å². The van der Waals surface area contributed by atoms with E-state index in [0.717, 1.165) is 5.02 Å². The first-order chi connectivity index (χ1) is 4.39. The van der Waals surface area contributed by atoms with Crippen LogP contribution in [0.25, 0.3) is 0 Å². The largest absolute Gasteiger partial charge is 2.00 e. The third-order valence-electron chi connectivity index (χ3n) is 0.669. The number of hydrogen-bond donors (Lipinski definition) is 0. The molecule has 1 rings (SSSR count). The molecule has 0 unspecified atom stereocenters. The van der Waals surface area contributed by atoms with Crippen molar-refractivity contribution in [2.75, 3.05) is 0 Å². The quantitative estimate of drug-likeness (QED) is 0.487. The molecule has 0 saturated heterocycles. The predicted molar refractivity (Wildman–Crippen MR) is 57.4 cm³/mol. The molecule has 0 aliphatic carbocycles. The van der Waals surface area contributed by atoms with E-state index in [4.69, 9.17) is 11.6 Å². The van der Waals surface area contributed by atoms with Crippen molar-refractivity contribution in [2.24, 2.45) is 0 Å². The molecular weight excluding hydrogens is 236 g/mol. The van der Waals surface area contributed by atoms with Gasteiger partial charge in [0.2, 0.25) is 0 Å². The first kappa shape index (κ1) is 17.7. The zero-order valence-electron chi connectivity index (χ0n) is 6.51. The van der Waals surface area contributed by atoms with Crippen LogP contribution in [-0.2, 0) is 0 Å². The summed E-state index contributed by atoms with van der Waals surface area (Å²) in [5.74, 6) is 0. The molecule has 0 spiro atoms. The first-order valence-electron chi connectivity index (χ1n) is 2.72. The summed E-state index contributed by atoms with van der Waals surface area (Å²) in [5.41, 5.74) is 0. The molecule has 1 aromatic rings. The minimum atomic E-state index is 0. The van der Waals surface area contributed by atoms with E-state index in [2.05, 4.69) is 13.0 Å². The molecule has 0 heterocycles. The van der Waals surface area contributed by atoms with Crippen molar-refractivity contribution in [3.8, 4) is 0 Å². The van der Waals surface area contributed by atoms with E-state index in [0.29, 0.717) is 0 Å². The van der Waals surface area contributed by atoms with Gasteiger partial charge >= 0.3 is 23.1 Å². The summed E-state index contributed by atoms with van der Waals surface area (Å²) in [6, 6.07) is 10.0. The summed E-state index contributed by atoms with van der Waals surface area (Å²) in [6.45, 7) is 5.00. The average molecular weight is 246 g/mol. The van der Waals surface area contributed by atoms with Crippen LogP contribution in [0.5, 0.6) is 0 Å². The number of benzene rings is 1. The van der Waals surface area contributed by atoms with Crippen molar-refractivity contribution >= 4 is 51.6 Å². The molecule has 0 fully saturated rings. The maximum atomic E-state index is 5.51. The van der Waals surface area contributed by atoms with Crippen molar-refractivity contribution in [3.63, 3.8) is 0 Å². The fourth-order valence-electron chi connectivity index (χ4n) is 0.371. The molecule has 1 aromatic carbocycles. The zero-order chi connectivity index (χ0) is 7.11. The van der Waals surface area contributed by atoms with Gasteiger partial charge in [-0.05, 0) is 0 Å². The molecule has 0 saturated carbocycles. The van der Waals surface area contributed by atoms with Gasteiger partial charge in [0.15, 0.2) is 0 Å². The molecule has 0 bridgehead atoms. The molecule has 0 aliphatic heterocycles. The van der Waals surface area contributed by atoms with Crippen LogP contribution < -0.4 is 0 Å². The molecule has 0 aliphatic rings. The SMILES string of the molecule is Br.Clc1c[c-]ccc1.[CH2-]C.[Mg+2]. The molecule has 3 heteroatoms. The molecule has 0 radical (unpaired) electrons. The van der Waals surface area contributed by atoms with Gasteiger partial charge < -0.3 is 6.92 Å². The van der Waals surface area contributed by atoms with Crippen LogP contribution >= 0.6 is 28.6 Å². The Hall–Kier alpha value is 0.756. The van der Waals surface area contributed by atoms with E-state index in [-0.39, 0.29) is 40.0 Å². The second kappa shape index (κ2) is 13.4. The van der Waals surface area contributed by atoms with Gasteiger partial charge in [-0.1, -0.05) is 5.02 Å². The van der Waals surface area contributed by atoms with Gasteiger partial charge in [-0.15, -0.1) is 17.0 Å². The fraction of sp³-hybridized carbons (Fsp3) is 0.125. The van der Waals surface area contributed by atoms with Crippen LogP contribution in [0.2, 0.25) is 5.02 Å². The molecule has 11 heavy (non-hydrogen) atoms. The third kappa shape index (κ3) is 10.8. The van der Waals surface area contributed by atoms with Crippen LogP contribution in [0.1, 0.15) is 6.92 Å². The molecule has 0 aromatic heterocycles. The predicted octanol–water partition coefficient (Wildman–Crippen LogP) is 3.18. The summed E-state index contributed by atoms with van der Waals surface area (Å²) < 4.78 is 0. The van der Waals surface area contributed by atoms with E-state index in [1.807, 2.05) is 18.2 Å². The smallest absolute Gasteiger partial charge is 0.346 e. The van der Waals surface area contributed by atoms with E-state index < -0.39 is 0 Å². The Kier molecular flexibility index (Phi) is 21.5. The van der Waals surface area contributed by atoms with Crippen molar-refractivity contribution < 1.29 is 0 Å². The summed E-state index contributed by atoms with van der Waals surface area (Å²) in [4.78, 5) is 0. The maximum Gasteiger partial charge on any atom is 2.00 e. The Labute approximate surface area is 100 Å². The maximum absolute atomic E-state index is 5.51. The van der Waals surface area contributed by atoms with E-state index in [1.165, 1.54) is 0 Å². The van der Waals surface area contributed by atoms with Gasteiger partial charge in [0.1, 0.15) is 0 Å². The minimum Gasteiger partial charge on any atom is -0.346 e. The van der Waals surface area contributed by atoms with Crippen molar-refractivity contribution in [3.05, 3.63) is 42.3 Å². The second-order valence-corrected chi connectivity index (χ2v) is 1.66. The van der Waals surface area contributed by atoms with Gasteiger partial charge in [-0.25, -0.2) is 0 Å². The zero-order valence-corrected chi connectivity index (χ0v) is 10.4. The standard InChI is InChI=1S/C6H4Cl.C2H5.BrH.Mg/c7-6-4-2-1-3-5-6;1-2;;/h1-2,4-5H;1H2,2H3;1H;/q2*-1;;+2. The van der Waals surface area contributed by atoms with Crippen molar-refractivity contribution in [2.45, 2.75) is 6.92 Å². The van der Waals surface area contributed by atoms with Gasteiger partial charge in [-0.2, -0.15) is 48.9 Å². The van der Waals surface area contributed by atoms with Gasteiger partial charge in [0.05, 0.1) is 0 Å². The van der Waals surface area contributed by atoms with Gasteiger partial charge in [-0.3, -0.25) is 0 Å². The normalized spacial score (nSPS) is 6.09. The monoisotopic (exact) mass is 244 g/mol. The molecule has 58 valence electrons. The fourth-order valence-corrected chi connectivity index (χ4v) is 0.507. The molecule has 0 nitrogen and oxygen atoms in total. The Morgan fingerprint density at radius 2 is 2.00 bits per heavy atom. The van der Waals surface area contributed by atoms with Crippen LogP contribution in [0.4, 0.5) is 0 Å². The second-order valence-electron chi connectivity index (χ2n) is 1.22. The van der Waals surface area contributed by atoms with Crippen LogP contribution in [-0.4, -0.2) is 23.1 Å². The Balaban J connectivity index is -0.000000149. The topological polar surface area (TPSA) is 0 Å². The van der Waals surface area contributed by atoms with Gasteiger partial charge in [0, 0.05) is 0 Å². The van der Waals surface area contributed by atoms with Crippen molar-refractivity contribution in [1.82, 2.24) is 0 Å². The number of halogens is 2. The Morgan fingerprint density at radius 3 is 2.18 bits per heavy atom. The van der Waals surface area contributed by atoms with Gasteiger partial charge in [0.25, 0.3) is 0 Å². The molecule has 0 atom stereocenters. The van der Waals surface area contributed by atoms with E-state index in [9.17, 15) is 0 Å². The third-order valence-corrected chi connectivity index (χ3v) is 0.904.